The van der Waals surface area contributed by atoms with Crippen molar-refractivity contribution in [3.8, 4) is 12.3 Å². The second kappa shape index (κ2) is 13.6. The van der Waals surface area contributed by atoms with Gasteiger partial charge >= 0.3 is 0 Å². The fourth-order valence-corrected chi connectivity index (χ4v) is 3.70. The number of nitrogens with one attached hydrogen (secondary N) is 2. The monoisotopic (exact) mass is 487 g/mol. The van der Waals surface area contributed by atoms with Crippen molar-refractivity contribution in [3.05, 3.63) is 29.3 Å². The molecule has 2 heterocycles. The second-order valence-corrected chi connectivity index (χ2v) is 7.85. The van der Waals surface area contributed by atoms with Gasteiger partial charge in [-0.3, -0.25) is 24.5 Å². The van der Waals surface area contributed by atoms with Crippen LogP contribution in [0.3, 0.4) is 0 Å². The van der Waals surface area contributed by atoms with Gasteiger partial charge in [-0.15, -0.1) is 6.42 Å². The highest BCUT2D eigenvalue weighted by Gasteiger charge is 2.39. The van der Waals surface area contributed by atoms with Crippen molar-refractivity contribution >= 4 is 29.3 Å². The first-order chi connectivity index (χ1) is 17.0. The molecule has 35 heavy (non-hydrogen) atoms. The number of carbonyl (C=O) groups excluding carboxylic acids is 4. The zero-order chi connectivity index (χ0) is 25.0. The molecule has 188 valence electrons. The van der Waals surface area contributed by atoms with Crippen LogP contribution in [0.15, 0.2) is 18.2 Å². The molecule has 0 aliphatic carbocycles. The van der Waals surface area contributed by atoms with Crippen molar-refractivity contribution in [2.75, 3.05) is 58.2 Å². The van der Waals surface area contributed by atoms with E-state index in [0.29, 0.717) is 56.3 Å². The van der Waals surface area contributed by atoms with Crippen molar-refractivity contribution in [3.63, 3.8) is 0 Å². The minimum atomic E-state index is -0.680. The summed E-state index contributed by atoms with van der Waals surface area (Å²) in [5.74, 6) is 0.966. The minimum absolute atomic E-state index is 0.148. The average molecular weight is 488 g/mol. The van der Waals surface area contributed by atoms with E-state index in [0.717, 1.165) is 0 Å². The lowest BCUT2D eigenvalue weighted by Crippen LogP contribution is -2.52. The van der Waals surface area contributed by atoms with Crippen LogP contribution >= 0.6 is 0 Å². The number of benzene rings is 1. The number of rotatable bonds is 14. The summed E-state index contributed by atoms with van der Waals surface area (Å²) in [5.41, 5.74) is 1.71. The van der Waals surface area contributed by atoms with Gasteiger partial charge in [0.05, 0.1) is 39.6 Å². The quantitative estimate of drug-likeness (QED) is 0.214. The summed E-state index contributed by atoms with van der Waals surface area (Å²) in [6.45, 7) is 2.61. The molecule has 0 aromatic heterocycles. The van der Waals surface area contributed by atoms with E-state index in [2.05, 4.69) is 16.6 Å². The summed E-state index contributed by atoms with van der Waals surface area (Å²) in [6, 6.07) is 4.28. The molecule has 0 saturated carbocycles. The summed E-state index contributed by atoms with van der Waals surface area (Å²) in [5, 5.41) is 5.01. The Morgan fingerprint density at radius 2 is 1.74 bits per heavy atom. The molecule has 1 saturated heterocycles. The number of nitrogens with zero attached hydrogens (tertiary/aromatic N) is 1. The topological polar surface area (TPSA) is 132 Å². The van der Waals surface area contributed by atoms with Crippen molar-refractivity contribution in [1.82, 2.24) is 10.2 Å². The summed E-state index contributed by atoms with van der Waals surface area (Å²) >= 11 is 0. The maximum absolute atomic E-state index is 12.7. The van der Waals surface area contributed by atoms with Crippen LogP contribution in [0.1, 0.15) is 28.8 Å². The Morgan fingerprint density at radius 1 is 1.06 bits per heavy atom. The average Bonchev–Trinajstić information content (AvgIpc) is 3.15. The summed E-state index contributed by atoms with van der Waals surface area (Å²) in [6.07, 6.45) is 5.55. The maximum Gasteiger partial charge on any atom is 0.255 e. The summed E-state index contributed by atoms with van der Waals surface area (Å²) < 4.78 is 21.0. The van der Waals surface area contributed by atoms with Gasteiger partial charge in [0.15, 0.2) is 0 Å². The van der Waals surface area contributed by atoms with Gasteiger partial charge in [-0.1, -0.05) is 5.92 Å². The van der Waals surface area contributed by atoms with Gasteiger partial charge in [0.2, 0.25) is 17.7 Å². The number of ether oxygens (including phenoxy) is 4. The van der Waals surface area contributed by atoms with E-state index in [1.165, 1.54) is 4.90 Å². The van der Waals surface area contributed by atoms with Crippen LogP contribution in [-0.2, 0) is 39.9 Å². The molecule has 3 rings (SSSR count). The van der Waals surface area contributed by atoms with E-state index in [1.807, 2.05) is 0 Å². The number of terminal acetylenes is 1. The Morgan fingerprint density at radius 3 is 2.43 bits per heavy atom. The van der Waals surface area contributed by atoms with Gasteiger partial charge < -0.3 is 29.2 Å². The fraction of sp³-hybridized carbons (Fsp3) is 0.500. The molecule has 4 amide bonds. The predicted octanol–water partition coefficient (Wildman–Crippen LogP) is 0.0857. The van der Waals surface area contributed by atoms with E-state index in [1.54, 1.807) is 18.2 Å². The number of imide groups is 1. The number of hydrogen-bond donors (Lipinski definition) is 2. The standard InChI is InChI=1S/C24H29N3O8/c1-2-7-32-8-9-33-10-11-34-12-13-35-16-22(29)25-18-3-4-19-17(14-18)15-27(24(19)31)20-5-6-21(28)26-23(20)30/h1,3-4,14,20H,5-13,15-16H2,(H,25,29)(H,26,28,30). The van der Waals surface area contributed by atoms with Crippen LogP contribution in [0.2, 0.25) is 0 Å². The lowest BCUT2D eigenvalue weighted by Gasteiger charge is -2.29. The van der Waals surface area contributed by atoms with Crippen LogP contribution in [0.25, 0.3) is 0 Å². The molecule has 1 fully saturated rings. The van der Waals surface area contributed by atoms with Crippen molar-refractivity contribution in [1.29, 1.82) is 0 Å². The molecule has 11 nitrogen and oxygen atoms in total. The Kier molecular flexibility index (Phi) is 10.2. The summed E-state index contributed by atoms with van der Waals surface area (Å²) in [7, 11) is 0. The molecular weight excluding hydrogens is 458 g/mol. The van der Waals surface area contributed by atoms with Crippen LogP contribution < -0.4 is 10.6 Å². The first kappa shape index (κ1) is 26.3. The highest BCUT2D eigenvalue weighted by Crippen LogP contribution is 2.29. The second-order valence-electron chi connectivity index (χ2n) is 7.85. The minimum Gasteiger partial charge on any atom is -0.377 e. The Hall–Kier alpha value is -3.30. The van der Waals surface area contributed by atoms with E-state index in [9.17, 15) is 19.2 Å². The predicted molar refractivity (Wildman–Crippen MR) is 123 cm³/mol. The smallest absolute Gasteiger partial charge is 0.255 e. The van der Waals surface area contributed by atoms with Crippen LogP contribution in [-0.4, -0.2) is 87.4 Å². The van der Waals surface area contributed by atoms with Crippen molar-refractivity contribution in [2.45, 2.75) is 25.4 Å². The molecule has 11 heteroatoms. The first-order valence-corrected chi connectivity index (χ1v) is 11.3. The molecule has 0 spiro atoms. The maximum atomic E-state index is 12.7. The lowest BCUT2D eigenvalue weighted by atomic mass is 10.0. The number of fused-ring (bicyclic) bond motifs is 1. The molecule has 1 atom stereocenters. The lowest BCUT2D eigenvalue weighted by molar-refractivity contribution is -0.137. The third-order valence-corrected chi connectivity index (χ3v) is 5.34. The van der Waals surface area contributed by atoms with E-state index >= 15 is 0 Å². The van der Waals surface area contributed by atoms with Crippen molar-refractivity contribution < 1.29 is 38.1 Å². The van der Waals surface area contributed by atoms with Gasteiger partial charge in [0.25, 0.3) is 5.91 Å². The zero-order valence-corrected chi connectivity index (χ0v) is 19.4. The van der Waals surface area contributed by atoms with E-state index in [-0.39, 0.29) is 50.5 Å². The van der Waals surface area contributed by atoms with Gasteiger partial charge in [-0.2, -0.15) is 0 Å². The zero-order valence-electron chi connectivity index (χ0n) is 19.4. The highest BCUT2D eigenvalue weighted by molar-refractivity contribution is 6.05. The molecule has 1 unspecified atom stereocenters. The van der Waals surface area contributed by atoms with E-state index in [4.69, 9.17) is 25.4 Å². The van der Waals surface area contributed by atoms with Crippen LogP contribution in [0.5, 0.6) is 0 Å². The number of piperidine rings is 1. The molecule has 0 bridgehead atoms. The fourth-order valence-electron chi connectivity index (χ4n) is 3.70. The Bertz CT molecular complexity index is 974. The van der Waals surface area contributed by atoms with Crippen LogP contribution in [0.4, 0.5) is 5.69 Å². The van der Waals surface area contributed by atoms with Gasteiger partial charge in [-0.05, 0) is 30.2 Å². The molecule has 0 radical (unpaired) electrons. The van der Waals surface area contributed by atoms with Crippen molar-refractivity contribution in [2.24, 2.45) is 0 Å². The molecule has 1 aromatic rings. The first-order valence-electron chi connectivity index (χ1n) is 11.3. The number of hydrogen-bond acceptors (Lipinski definition) is 8. The molecule has 2 aliphatic rings. The Labute approximate surface area is 203 Å². The third-order valence-electron chi connectivity index (χ3n) is 5.34. The van der Waals surface area contributed by atoms with Gasteiger partial charge in [0.1, 0.15) is 19.3 Å². The Balaban J connectivity index is 1.32. The van der Waals surface area contributed by atoms with Crippen LogP contribution in [0, 0.1) is 12.3 Å². The number of anilines is 1. The molecule has 2 N–H and O–H groups in total. The largest absolute Gasteiger partial charge is 0.377 e. The third kappa shape index (κ3) is 7.87. The summed E-state index contributed by atoms with van der Waals surface area (Å²) in [4.78, 5) is 49.8. The molecular formula is C24H29N3O8. The highest BCUT2D eigenvalue weighted by atomic mass is 16.6. The normalized spacial score (nSPS) is 17.2. The van der Waals surface area contributed by atoms with Gasteiger partial charge in [-0.25, -0.2) is 0 Å². The number of amides is 4. The molecule has 1 aromatic carbocycles. The van der Waals surface area contributed by atoms with Gasteiger partial charge in [0, 0.05) is 24.2 Å². The SMILES string of the molecule is C#CCOCCOCCOCCOCC(=O)Nc1ccc2c(c1)CN(C1CCC(=O)NC1=O)C2=O. The molecule has 2 aliphatic heterocycles. The van der Waals surface area contributed by atoms with E-state index < -0.39 is 11.9 Å². The number of carbonyl (C=O) groups is 4.